The van der Waals surface area contributed by atoms with Gasteiger partial charge >= 0.3 is 0 Å². The van der Waals surface area contributed by atoms with Crippen molar-refractivity contribution >= 4 is 22.6 Å². The molecule has 0 amide bonds. The van der Waals surface area contributed by atoms with Crippen molar-refractivity contribution in [1.82, 2.24) is 19.7 Å². The zero-order chi connectivity index (χ0) is 15.2. The second-order valence-corrected chi connectivity index (χ2v) is 6.51. The third kappa shape index (κ3) is 2.51. The van der Waals surface area contributed by atoms with Crippen molar-refractivity contribution < 1.29 is 0 Å². The summed E-state index contributed by atoms with van der Waals surface area (Å²) in [4.78, 5) is 8.61. The summed E-state index contributed by atoms with van der Waals surface area (Å²) in [5, 5.41) is 5.38. The molecule has 0 aliphatic carbocycles. The Hall–Kier alpha value is -1.94. The van der Waals surface area contributed by atoms with E-state index in [0.29, 0.717) is 0 Å². The van der Waals surface area contributed by atoms with Crippen LogP contribution < -0.4 is 0 Å². The highest BCUT2D eigenvalue weighted by Gasteiger charge is 2.15. The third-order valence-corrected chi connectivity index (χ3v) is 3.76. The molecule has 3 aromatic rings. The molecule has 5 heteroatoms. The van der Waals surface area contributed by atoms with Gasteiger partial charge in [-0.3, -0.25) is 4.68 Å². The van der Waals surface area contributed by atoms with E-state index in [1.54, 1.807) is 10.9 Å². The molecule has 0 bridgehead atoms. The van der Waals surface area contributed by atoms with Gasteiger partial charge in [0.1, 0.15) is 0 Å². The highest BCUT2D eigenvalue weighted by Crippen LogP contribution is 2.29. The minimum Gasteiger partial charge on any atom is -0.250 e. The summed E-state index contributed by atoms with van der Waals surface area (Å²) in [6, 6.07) is 8.42. The Morgan fingerprint density at radius 2 is 1.71 bits per heavy atom. The van der Waals surface area contributed by atoms with Crippen LogP contribution in [0.2, 0.25) is 5.28 Å². The molecule has 21 heavy (non-hydrogen) atoms. The first-order chi connectivity index (χ1) is 9.86. The summed E-state index contributed by atoms with van der Waals surface area (Å²) in [6.07, 6.45) is 1.78. The average molecular weight is 301 g/mol. The van der Waals surface area contributed by atoms with Crippen LogP contribution in [0.1, 0.15) is 26.3 Å². The number of aromatic nitrogens is 4. The summed E-state index contributed by atoms with van der Waals surface area (Å²) in [5.41, 5.74) is 3.99. The molecule has 1 aromatic carbocycles. The van der Waals surface area contributed by atoms with Gasteiger partial charge in [-0.05, 0) is 22.6 Å². The largest absolute Gasteiger partial charge is 0.250 e. The fourth-order valence-electron chi connectivity index (χ4n) is 2.34. The topological polar surface area (TPSA) is 43.6 Å². The Kier molecular flexibility index (Phi) is 3.21. The molecule has 3 rings (SSSR count). The summed E-state index contributed by atoms with van der Waals surface area (Å²) in [5.74, 6) is 0. The van der Waals surface area contributed by atoms with Gasteiger partial charge in [-0.25, -0.2) is 4.98 Å². The number of hydrogen-bond acceptors (Lipinski definition) is 3. The van der Waals surface area contributed by atoms with Crippen molar-refractivity contribution in [3.05, 3.63) is 41.3 Å². The molecular weight excluding hydrogens is 284 g/mol. The zero-order valence-corrected chi connectivity index (χ0v) is 13.3. The van der Waals surface area contributed by atoms with Crippen LogP contribution in [0.4, 0.5) is 0 Å². The summed E-state index contributed by atoms with van der Waals surface area (Å²) in [6.45, 7) is 6.59. The van der Waals surface area contributed by atoms with Crippen LogP contribution >= 0.6 is 11.6 Å². The van der Waals surface area contributed by atoms with E-state index >= 15 is 0 Å². The monoisotopic (exact) mass is 300 g/mol. The fraction of sp³-hybridized carbons (Fsp3) is 0.312. The Morgan fingerprint density at radius 1 is 1.05 bits per heavy atom. The maximum atomic E-state index is 6.04. The quantitative estimate of drug-likeness (QED) is 0.638. The van der Waals surface area contributed by atoms with E-state index < -0.39 is 0 Å². The van der Waals surface area contributed by atoms with Gasteiger partial charge in [0, 0.05) is 12.6 Å². The molecule has 0 saturated carbocycles. The van der Waals surface area contributed by atoms with Gasteiger partial charge in [0.2, 0.25) is 5.28 Å². The molecule has 0 spiro atoms. The zero-order valence-electron chi connectivity index (χ0n) is 12.6. The Bertz CT molecular complexity index is 797. The maximum absolute atomic E-state index is 6.04. The van der Waals surface area contributed by atoms with Gasteiger partial charge in [0.05, 0.1) is 17.3 Å². The second kappa shape index (κ2) is 4.81. The maximum Gasteiger partial charge on any atom is 0.225 e. The third-order valence-electron chi connectivity index (χ3n) is 3.59. The van der Waals surface area contributed by atoms with E-state index in [0.717, 1.165) is 22.3 Å². The van der Waals surface area contributed by atoms with Crippen LogP contribution in [0.3, 0.4) is 0 Å². The molecule has 0 aliphatic rings. The standard InChI is InChI=1S/C16H17ClN4/c1-16(2,3)11-7-5-10(6-8-11)13-12-9-18-21(4)14(12)20-15(17)19-13/h5-9H,1-4H3. The molecule has 0 radical (unpaired) electrons. The summed E-state index contributed by atoms with van der Waals surface area (Å²) >= 11 is 6.04. The Labute approximate surface area is 128 Å². The lowest BCUT2D eigenvalue weighted by Crippen LogP contribution is -2.10. The van der Waals surface area contributed by atoms with Gasteiger partial charge in [-0.1, -0.05) is 45.0 Å². The van der Waals surface area contributed by atoms with Crippen molar-refractivity contribution in [1.29, 1.82) is 0 Å². The van der Waals surface area contributed by atoms with Gasteiger partial charge in [-0.15, -0.1) is 0 Å². The first-order valence-corrected chi connectivity index (χ1v) is 7.20. The van der Waals surface area contributed by atoms with Crippen LogP contribution in [-0.4, -0.2) is 19.7 Å². The molecule has 0 fully saturated rings. The highest BCUT2D eigenvalue weighted by molar-refractivity contribution is 6.28. The average Bonchev–Trinajstić information content (AvgIpc) is 2.79. The predicted octanol–water partition coefficient (Wildman–Crippen LogP) is 3.98. The van der Waals surface area contributed by atoms with E-state index in [1.807, 2.05) is 7.05 Å². The molecule has 0 saturated heterocycles. The van der Waals surface area contributed by atoms with E-state index in [2.05, 4.69) is 60.1 Å². The smallest absolute Gasteiger partial charge is 0.225 e. The van der Waals surface area contributed by atoms with E-state index in [1.165, 1.54) is 5.56 Å². The van der Waals surface area contributed by atoms with Crippen LogP contribution in [0.5, 0.6) is 0 Å². The summed E-state index contributed by atoms with van der Waals surface area (Å²) in [7, 11) is 1.85. The van der Waals surface area contributed by atoms with Crippen molar-refractivity contribution in [2.45, 2.75) is 26.2 Å². The number of halogens is 1. The minimum absolute atomic E-state index is 0.130. The number of nitrogens with zero attached hydrogens (tertiary/aromatic N) is 4. The van der Waals surface area contributed by atoms with E-state index in [-0.39, 0.29) is 10.7 Å². The molecule has 2 aromatic heterocycles. The van der Waals surface area contributed by atoms with Gasteiger partial charge in [0.15, 0.2) is 5.65 Å². The molecule has 2 heterocycles. The van der Waals surface area contributed by atoms with Gasteiger partial charge in [-0.2, -0.15) is 10.1 Å². The van der Waals surface area contributed by atoms with Crippen LogP contribution in [0.15, 0.2) is 30.5 Å². The van der Waals surface area contributed by atoms with E-state index in [4.69, 9.17) is 11.6 Å². The molecule has 0 atom stereocenters. The molecule has 0 aliphatic heterocycles. The number of aryl methyl sites for hydroxylation is 1. The van der Waals surface area contributed by atoms with Crippen molar-refractivity contribution in [2.24, 2.45) is 7.05 Å². The van der Waals surface area contributed by atoms with Crippen LogP contribution in [0.25, 0.3) is 22.3 Å². The van der Waals surface area contributed by atoms with Crippen LogP contribution in [0, 0.1) is 0 Å². The lowest BCUT2D eigenvalue weighted by Gasteiger charge is -2.19. The van der Waals surface area contributed by atoms with E-state index in [9.17, 15) is 0 Å². The first-order valence-electron chi connectivity index (χ1n) is 6.82. The van der Waals surface area contributed by atoms with Crippen molar-refractivity contribution in [2.75, 3.05) is 0 Å². The molecule has 0 N–H and O–H groups in total. The Morgan fingerprint density at radius 3 is 2.33 bits per heavy atom. The number of rotatable bonds is 1. The van der Waals surface area contributed by atoms with Gasteiger partial charge in [0.25, 0.3) is 0 Å². The minimum atomic E-state index is 0.130. The number of benzene rings is 1. The lowest BCUT2D eigenvalue weighted by atomic mass is 9.86. The lowest BCUT2D eigenvalue weighted by molar-refractivity contribution is 0.590. The molecule has 4 nitrogen and oxygen atoms in total. The molecular formula is C16H17ClN4. The van der Waals surface area contributed by atoms with Crippen molar-refractivity contribution in [3.8, 4) is 11.3 Å². The van der Waals surface area contributed by atoms with Gasteiger partial charge < -0.3 is 0 Å². The normalized spacial score (nSPS) is 12.0. The first kappa shape index (κ1) is 14.0. The molecule has 0 unspecified atom stereocenters. The number of fused-ring (bicyclic) bond motifs is 1. The fourth-order valence-corrected chi connectivity index (χ4v) is 2.51. The second-order valence-electron chi connectivity index (χ2n) is 6.17. The van der Waals surface area contributed by atoms with Crippen LogP contribution in [-0.2, 0) is 12.5 Å². The SMILES string of the molecule is Cn1ncc2c(-c3ccc(C(C)(C)C)cc3)nc(Cl)nc21. The summed E-state index contributed by atoms with van der Waals surface area (Å²) < 4.78 is 1.70. The predicted molar refractivity (Wildman–Crippen MR) is 85.5 cm³/mol. The molecule has 108 valence electrons. The Balaban J connectivity index is 2.16. The number of hydrogen-bond donors (Lipinski definition) is 0. The van der Waals surface area contributed by atoms with Crippen molar-refractivity contribution in [3.63, 3.8) is 0 Å². The highest BCUT2D eigenvalue weighted by atomic mass is 35.5.